The van der Waals surface area contributed by atoms with Gasteiger partial charge in [0.05, 0.1) is 27.7 Å². The lowest BCUT2D eigenvalue weighted by Crippen LogP contribution is -2.35. The van der Waals surface area contributed by atoms with Crippen LogP contribution in [0, 0.1) is 6.92 Å². The van der Waals surface area contributed by atoms with Gasteiger partial charge in [-0.05, 0) is 36.8 Å². The summed E-state index contributed by atoms with van der Waals surface area (Å²) in [6, 6.07) is 24.8. The first kappa shape index (κ1) is 27.3. The van der Waals surface area contributed by atoms with E-state index >= 15 is 0 Å². The van der Waals surface area contributed by atoms with Gasteiger partial charge in [-0.2, -0.15) is 0 Å². The number of pyridine rings is 2. The summed E-state index contributed by atoms with van der Waals surface area (Å²) in [4.78, 5) is 42.4. The number of sulfonamides is 1. The molecule has 6 rings (SSSR count). The van der Waals surface area contributed by atoms with E-state index in [2.05, 4.69) is 9.97 Å². The quantitative estimate of drug-likeness (QED) is 0.262. The van der Waals surface area contributed by atoms with Crippen molar-refractivity contribution in [2.45, 2.75) is 12.7 Å². The van der Waals surface area contributed by atoms with Gasteiger partial charge in [-0.1, -0.05) is 77.8 Å². The molecular weight excluding hydrogens is 574 g/mol. The summed E-state index contributed by atoms with van der Waals surface area (Å²) in [7, 11) is -4.10. The molecular formula is C31H22ClN5O4S. The zero-order valence-electron chi connectivity index (χ0n) is 22.1. The van der Waals surface area contributed by atoms with Crippen LogP contribution in [0.5, 0.6) is 0 Å². The maximum atomic E-state index is 13.0. The maximum absolute atomic E-state index is 13.0. The van der Waals surface area contributed by atoms with Crippen LogP contribution in [0.4, 0.5) is 0 Å². The lowest BCUT2D eigenvalue weighted by molar-refractivity contribution is 0.0980. The number of benzene rings is 3. The maximum Gasteiger partial charge on any atom is 0.270 e. The van der Waals surface area contributed by atoms with Gasteiger partial charge < -0.3 is 4.98 Å². The zero-order chi connectivity index (χ0) is 29.4. The lowest BCUT2D eigenvalue weighted by atomic mass is 10.0. The Labute approximate surface area is 245 Å². The van der Waals surface area contributed by atoms with Crippen molar-refractivity contribution < 1.29 is 13.2 Å². The molecule has 3 aromatic heterocycles. The van der Waals surface area contributed by atoms with E-state index < -0.39 is 32.8 Å². The van der Waals surface area contributed by atoms with Crippen LogP contribution in [0.2, 0.25) is 5.02 Å². The first-order valence-electron chi connectivity index (χ1n) is 12.8. The molecule has 0 aliphatic heterocycles. The van der Waals surface area contributed by atoms with E-state index in [0.29, 0.717) is 33.1 Å². The molecule has 42 heavy (non-hydrogen) atoms. The van der Waals surface area contributed by atoms with Crippen molar-refractivity contribution in [3.8, 4) is 22.5 Å². The van der Waals surface area contributed by atoms with Crippen LogP contribution in [-0.4, -0.2) is 34.3 Å². The van der Waals surface area contributed by atoms with Crippen molar-refractivity contribution >= 4 is 49.6 Å². The molecule has 11 heteroatoms. The highest BCUT2D eigenvalue weighted by Gasteiger charge is 2.22. The van der Waals surface area contributed by atoms with E-state index in [1.54, 1.807) is 36.5 Å². The molecule has 0 atom stereocenters. The first-order chi connectivity index (χ1) is 20.2. The Morgan fingerprint density at radius 1 is 0.905 bits per heavy atom. The lowest BCUT2D eigenvalue weighted by Gasteiger charge is -2.12. The molecule has 0 unspecified atom stereocenters. The molecule has 3 aromatic carbocycles. The molecule has 3 heterocycles. The van der Waals surface area contributed by atoms with E-state index in [-0.39, 0.29) is 11.2 Å². The van der Waals surface area contributed by atoms with Gasteiger partial charge >= 0.3 is 0 Å². The Kier molecular flexibility index (Phi) is 7.01. The fourth-order valence-corrected chi connectivity index (χ4v) is 6.08. The van der Waals surface area contributed by atoms with Crippen molar-refractivity contribution in [1.82, 2.24) is 24.7 Å². The molecule has 0 spiro atoms. The number of nitrogens with zero attached hydrogens (tertiary/aromatic N) is 3. The van der Waals surface area contributed by atoms with Crippen LogP contribution in [0.1, 0.15) is 21.5 Å². The molecule has 2 N–H and O–H groups in total. The van der Waals surface area contributed by atoms with Crippen LogP contribution in [-0.2, 0) is 15.8 Å². The van der Waals surface area contributed by atoms with E-state index in [4.69, 9.17) is 21.6 Å². The average Bonchev–Trinajstić information content (AvgIpc) is 2.96. The second-order valence-corrected chi connectivity index (χ2v) is 11.9. The zero-order valence-corrected chi connectivity index (χ0v) is 23.7. The van der Waals surface area contributed by atoms with E-state index in [9.17, 15) is 18.0 Å². The van der Waals surface area contributed by atoms with Gasteiger partial charge in [0.15, 0.2) is 5.65 Å². The normalized spacial score (nSPS) is 11.6. The molecule has 0 fully saturated rings. The summed E-state index contributed by atoms with van der Waals surface area (Å²) < 4.78 is 27.5. The molecule has 9 nitrogen and oxygen atoms in total. The fraction of sp³-hybridized carbons (Fsp3) is 0.0645. The molecule has 0 aliphatic rings. The number of carbonyl (C=O) groups is 1. The Morgan fingerprint density at radius 2 is 1.69 bits per heavy atom. The predicted octanol–water partition coefficient (Wildman–Crippen LogP) is 5.42. The molecule has 208 valence electrons. The van der Waals surface area contributed by atoms with Crippen LogP contribution in [0.25, 0.3) is 44.6 Å². The highest BCUT2D eigenvalue weighted by Crippen LogP contribution is 2.34. The molecule has 0 radical (unpaired) electrons. The monoisotopic (exact) mass is 595 g/mol. The second-order valence-electron chi connectivity index (χ2n) is 9.75. The molecule has 6 aromatic rings. The minimum absolute atomic E-state index is 0.135. The predicted molar refractivity (Wildman–Crippen MR) is 163 cm³/mol. The number of hydrogen-bond donors (Lipinski definition) is 2. The van der Waals surface area contributed by atoms with Crippen LogP contribution < -0.4 is 10.3 Å². The summed E-state index contributed by atoms with van der Waals surface area (Å²) in [6.45, 7) is 1.84. The number of nitrogens with one attached hydrogen (secondary N) is 2. The van der Waals surface area contributed by atoms with Crippen molar-refractivity contribution in [1.29, 1.82) is 0 Å². The fourth-order valence-electron chi connectivity index (χ4n) is 4.72. The van der Waals surface area contributed by atoms with Gasteiger partial charge in [-0.25, -0.2) is 23.1 Å². The topological polar surface area (TPSA) is 135 Å². The summed E-state index contributed by atoms with van der Waals surface area (Å²) in [5.74, 6) is -1.49. The third kappa shape index (κ3) is 5.50. The SMILES string of the molecule is Cc1cccc(CS(=O)(=O)NC(=O)c2cc3nc(-c4cc(Cl)c5ncccc5c4)c(-c4ccccc4)nc3[nH]c2=O)c1. The average molecular weight is 596 g/mol. The van der Waals surface area contributed by atoms with Gasteiger partial charge in [0.2, 0.25) is 10.0 Å². The first-order valence-corrected chi connectivity index (χ1v) is 14.9. The molecule has 0 bridgehead atoms. The smallest absolute Gasteiger partial charge is 0.270 e. The minimum Gasteiger partial charge on any atom is -0.305 e. The number of carbonyl (C=O) groups excluding carboxylic acids is 1. The van der Waals surface area contributed by atoms with Crippen molar-refractivity contribution in [2.75, 3.05) is 0 Å². The van der Waals surface area contributed by atoms with Gasteiger partial charge in [-0.15, -0.1) is 0 Å². The Balaban J connectivity index is 1.45. The van der Waals surface area contributed by atoms with Crippen LogP contribution in [0.15, 0.2) is 95.9 Å². The van der Waals surface area contributed by atoms with Gasteiger partial charge in [-0.3, -0.25) is 14.6 Å². The number of amides is 1. The third-order valence-corrected chi connectivity index (χ3v) is 8.09. The molecule has 0 saturated carbocycles. The van der Waals surface area contributed by atoms with E-state index in [1.807, 2.05) is 60.2 Å². The number of H-pyrrole nitrogens is 1. The number of fused-ring (bicyclic) bond motifs is 2. The van der Waals surface area contributed by atoms with E-state index in [0.717, 1.165) is 16.5 Å². The molecule has 0 aliphatic carbocycles. The van der Waals surface area contributed by atoms with Crippen molar-refractivity contribution in [3.63, 3.8) is 0 Å². The summed E-state index contributed by atoms with van der Waals surface area (Å²) in [5, 5.41) is 1.21. The Bertz CT molecular complexity index is 2180. The van der Waals surface area contributed by atoms with Gasteiger partial charge in [0.1, 0.15) is 11.1 Å². The van der Waals surface area contributed by atoms with Crippen molar-refractivity contribution in [3.05, 3.63) is 123 Å². The number of aryl methyl sites for hydroxylation is 1. The second kappa shape index (κ2) is 10.8. The number of hydrogen-bond acceptors (Lipinski definition) is 7. The van der Waals surface area contributed by atoms with Gasteiger partial charge in [0.25, 0.3) is 11.5 Å². The minimum atomic E-state index is -4.10. The summed E-state index contributed by atoms with van der Waals surface area (Å²) >= 11 is 6.58. The molecule has 0 saturated heterocycles. The number of aromatic amines is 1. The summed E-state index contributed by atoms with van der Waals surface area (Å²) in [5.41, 5.74) is 3.46. The standard InChI is InChI=1S/C31H22ClN5O4S/c1-18-7-5-8-19(13-18)17-42(40,41)37-31(39)23-16-25-29(36-30(23)38)35-27(20-9-3-2-4-10-20)28(34-25)22-14-21-11-6-12-33-26(21)24(32)15-22/h2-16H,17H2,1H3,(H,37,39)(H,35,36,38). The van der Waals surface area contributed by atoms with E-state index in [1.165, 1.54) is 6.07 Å². The third-order valence-electron chi connectivity index (χ3n) is 6.59. The number of rotatable bonds is 6. The molecule has 1 amide bonds. The number of aromatic nitrogens is 4. The summed E-state index contributed by atoms with van der Waals surface area (Å²) in [6.07, 6.45) is 1.66. The highest BCUT2D eigenvalue weighted by molar-refractivity contribution is 7.89. The van der Waals surface area contributed by atoms with Crippen LogP contribution >= 0.6 is 11.6 Å². The largest absolute Gasteiger partial charge is 0.305 e. The Hall–Kier alpha value is -4.93. The van der Waals surface area contributed by atoms with Crippen molar-refractivity contribution in [2.24, 2.45) is 0 Å². The van der Waals surface area contributed by atoms with Gasteiger partial charge in [0, 0.05) is 22.7 Å². The van der Waals surface area contributed by atoms with Crippen LogP contribution in [0.3, 0.4) is 0 Å². The highest BCUT2D eigenvalue weighted by atomic mass is 35.5. The Morgan fingerprint density at radius 3 is 2.48 bits per heavy atom. The number of halogens is 1.